The second-order valence-corrected chi connectivity index (χ2v) is 8.68. The zero-order valence-corrected chi connectivity index (χ0v) is 20.3. The van der Waals surface area contributed by atoms with Crippen molar-refractivity contribution in [2.24, 2.45) is 0 Å². The Bertz CT molecular complexity index is 1510. The van der Waals surface area contributed by atoms with Crippen LogP contribution in [0.1, 0.15) is 21.5 Å². The highest BCUT2D eigenvalue weighted by Crippen LogP contribution is 2.26. The topological polar surface area (TPSA) is 76.4 Å². The smallest absolute Gasteiger partial charge is 0.257 e. The summed E-state index contributed by atoms with van der Waals surface area (Å²) in [6.45, 7) is 2.48. The van der Waals surface area contributed by atoms with Crippen molar-refractivity contribution >= 4 is 40.0 Å². The first-order valence-corrected chi connectivity index (χ1v) is 11.8. The summed E-state index contributed by atoms with van der Waals surface area (Å²) in [5, 5.41) is 5.93. The molecule has 1 aromatic heterocycles. The largest absolute Gasteiger partial charge is 0.489 e. The van der Waals surface area contributed by atoms with Gasteiger partial charge in [-0.15, -0.1) is 0 Å². The van der Waals surface area contributed by atoms with Crippen LogP contribution in [0.5, 0.6) is 5.75 Å². The molecule has 5 rings (SSSR count). The minimum absolute atomic E-state index is 0.203. The maximum Gasteiger partial charge on any atom is 0.257 e. The Hall–Kier alpha value is -4.49. The average molecular weight is 494 g/mol. The minimum Gasteiger partial charge on any atom is -0.489 e. The van der Waals surface area contributed by atoms with Crippen LogP contribution >= 0.6 is 12.2 Å². The van der Waals surface area contributed by atoms with Crippen molar-refractivity contribution in [1.82, 2.24) is 10.3 Å². The summed E-state index contributed by atoms with van der Waals surface area (Å²) < 4.78 is 11.6. The molecule has 6 nitrogen and oxygen atoms in total. The molecule has 5 aromatic rings. The number of ether oxygens (including phenoxy) is 1. The second kappa shape index (κ2) is 10.4. The Balaban J connectivity index is 1.15. The van der Waals surface area contributed by atoms with Crippen molar-refractivity contribution in [2.45, 2.75) is 13.5 Å². The van der Waals surface area contributed by atoms with Crippen LogP contribution in [0.15, 0.2) is 101 Å². The monoisotopic (exact) mass is 493 g/mol. The fourth-order valence-electron chi connectivity index (χ4n) is 3.64. The maximum atomic E-state index is 12.6. The van der Waals surface area contributed by atoms with Gasteiger partial charge >= 0.3 is 0 Å². The van der Waals surface area contributed by atoms with Crippen LogP contribution in [0.3, 0.4) is 0 Å². The molecule has 0 fully saturated rings. The lowest BCUT2D eigenvalue weighted by Crippen LogP contribution is -2.34. The van der Waals surface area contributed by atoms with Gasteiger partial charge in [0.1, 0.15) is 17.9 Å². The molecule has 0 unspecified atom stereocenters. The van der Waals surface area contributed by atoms with E-state index in [0.717, 1.165) is 33.5 Å². The number of hydrogen-bond acceptors (Lipinski definition) is 5. The van der Waals surface area contributed by atoms with Crippen molar-refractivity contribution in [1.29, 1.82) is 0 Å². The lowest BCUT2D eigenvalue weighted by molar-refractivity contribution is 0.0977. The molecular formula is C29H23N3O3S. The van der Waals surface area contributed by atoms with Crippen molar-refractivity contribution < 1.29 is 13.9 Å². The Labute approximate surface area is 213 Å². The molecule has 0 atom stereocenters. The van der Waals surface area contributed by atoms with E-state index < -0.39 is 0 Å². The lowest BCUT2D eigenvalue weighted by Gasteiger charge is -2.11. The average Bonchev–Trinajstić information content (AvgIpc) is 3.32. The summed E-state index contributed by atoms with van der Waals surface area (Å²) >= 11 is 5.32. The summed E-state index contributed by atoms with van der Waals surface area (Å²) in [7, 11) is 0. The van der Waals surface area contributed by atoms with E-state index in [2.05, 4.69) is 15.6 Å². The van der Waals surface area contributed by atoms with Gasteiger partial charge in [0, 0.05) is 16.8 Å². The SMILES string of the molecule is Cc1ccc2oc(-c3ccc(NC(=S)NC(=O)c4ccc(OCc5ccccc5)cc4)cc3)nc2c1. The van der Waals surface area contributed by atoms with Crippen molar-refractivity contribution in [3.63, 3.8) is 0 Å². The molecule has 0 saturated carbocycles. The van der Waals surface area contributed by atoms with Gasteiger partial charge in [-0.3, -0.25) is 10.1 Å². The number of nitrogens with one attached hydrogen (secondary N) is 2. The van der Waals surface area contributed by atoms with Gasteiger partial charge in [-0.25, -0.2) is 4.98 Å². The van der Waals surface area contributed by atoms with Crippen LogP contribution in [0.2, 0.25) is 0 Å². The van der Waals surface area contributed by atoms with Crippen LogP contribution in [-0.4, -0.2) is 16.0 Å². The molecule has 0 aliphatic carbocycles. The van der Waals surface area contributed by atoms with Gasteiger partial charge in [0.15, 0.2) is 10.7 Å². The molecular weight excluding hydrogens is 470 g/mol. The molecule has 1 amide bonds. The van der Waals surface area contributed by atoms with Crippen molar-refractivity contribution in [3.05, 3.63) is 114 Å². The summed E-state index contributed by atoms with van der Waals surface area (Å²) in [6.07, 6.45) is 0. The molecule has 0 bridgehead atoms. The summed E-state index contributed by atoms with van der Waals surface area (Å²) in [4.78, 5) is 17.1. The zero-order valence-electron chi connectivity index (χ0n) is 19.5. The molecule has 0 radical (unpaired) electrons. The fraction of sp³-hybridized carbons (Fsp3) is 0.0690. The molecule has 7 heteroatoms. The molecule has 0 spiro atoms. The first kappa shape index (κ1) is 23.3. The van der Waals surface area contributed by atoms with Crippen molar-refractivity contribution in [3.8, 4) is 17.2 Å². The third-order valence-corrected chi connectivity index (χ3v) is 5.73. The minimum atomic E-state index is -0.305. The quantitative estimate of drug-likeness (QED) is 0.263. The molecule has 0 aliphatic heterocycles. The van der Waals surface area contributed by atoms with E-state index in [-0.39, 0.29) is 11.0 Å². The Kier molecular flexibility index (Phi) is 6.73. The van der Waals surface area contributed by atoms with Crippen molar-refractivity contribution in [2.75, 3.05) is 5.32 Å². The predicted molar refractivity (Wildman–Crippen MR) is 145 cm³/mol. The molecule has 36 heavy (non-hydrogen) atoms. The number of anilines is 1. The van der Waals surface area contributed by atoms with Gasteiger partial charge in [-0.2, -0.15) is 0 Å². The van der Waals surface area contributed by atoms with Gasteiger partial charge in [0.25, 0.3) is 5.91 Å². The van der Waals surface area contributed by atoms with E-state index in [4.69, 9.17) is 21.4 Å². The number of thiocarbonyl (C=S) groups is 1. The third kappa shape index (κ3) is 5.59. The molecule has 2 N–H and O–H groups in total. The standard InChI is InChI=1S/C29H23N3O3S/c1-19-7-16-26-25(17-19)31-28(35-26)22-8-12-23(13-9-22)30-29(36)32-27(33)21-10-14-24(15-11-21)34-18-20-5-3-2-4-6-20/h2-17H,18H2,1H3,(H2,30,32,33,36). The number of carbonyl (C=O) groups excluding carboxylic acids is 1. The number of carbonyl (C=O) groups is 1. The molecule has 0 saturated heterocycles. The second-order valence-electron chi connectivity index (χ2n) is 8.27. The highest BCUT2D eigenvalue weighted by Gasteiger charge is 2.11. The van der Waals surface area contributed by atoms with Gasteiger partial charge < -0.3 is 14.5 Å². The normalized spacial score (nSPS) is 10.7. The van der Waals surface area contributed by atoms with E-state index in [0.29, 0.717) is 23.8 Å². The predicted octanol–water partition coefficient (Wildman–Crippen LogP) is 6.51. The summed E-state index contributed by atoms with van der Waals surface area (Å²) in [5.74, 6) is 0.931. The van der Waals surface area contributed by atoms with Crippen LogP contribution in [0.25, 0.3) is 22.6 Å². The highest BCUT2D eigenvalue weighted by molar-refractivity contribution is 7.80. The molecule has 1 heterocycles. The number of benzene rings is 4. The number of hydrogen-bond donors (Lipinski definition) is 2. The fourth-order valence-corrected chi connectivity index (χ4v) is 3.85. The van der Waals surface area contributed by atoms with Gasteiger partial charge in [0.05, 0.1) is 0 Å². The van der Waals surface area contributed by atoms with E-state index in [1.54, 1.807) is 24.3 Å². The number of rotatable bonds is 6. The number of fused-ring (bicyclic) bond motifs is 1. The summed E-state index contributed by atoms with van der Waals surface area (Å²) in [5.41, 5.74) is 5.84. The van der Waals surface area contributed by atoms with Gasteiger partial charge in [-0.1, -0.05) is 36.4 Å². The number of nitrogens with zero attached hydrogens (tertiary/aromatic N) is 1. The first-order valence-electron chi connectivity index (χ1n) is 11.4. The van der Waals surface area contributed by atoms with Crippen LogP contribution < -0.4 is 15.4 Å². The van der Waals surface area contributed by atoms with Gasteiger partial charge in [-0.05, 0) is 90.9 Å². The number of aryl methyl sites for hydroxylation is 1. The number of amides is 1. The van der Waals surface area contributed by atoms with E-state index in [9.17, 15) is 4.79 Å². The number of aromatic nitrogens is 1. The third-order valence-electron chi connectivity index (χ3n) is 5.52. The molecule has 4 aromatic carbocycles. The van der Waals surface area contributed by atoms with Crippen LogP contribution in [0.4, 0.5) is 5.69 Å². The van der Waals surface area contributed by atoms with E-state index in [1.165, 1.54) is 0 Å². The van der Waals surface area contributed by atoms with E-state index >= 15 is 0 Å². The molecule has 178 valence electrons. The van der Waals surface area contributed by atoms with Gasteiger partial charge in [0.2, 0.25) is 5.89 Å². The van der Waals surface area contributed by atoms with E-state index in [1.807, 2.05) is 79.7 Å². The maximum absolute atomic E-state index is 12.6. The lowest BCUT2D eigenvalue weighted by atomic mass is 10.2. The Morgan fingerprint density at radius 1 is 0.944 bits per heavy atom. The zero-order chi connectivity index (χ0) is 24.9. The van der Waals surface area contributed by atoms with Crippen LogP contribution in [0, 0.1) is 6.92 Å². The Morgan fingerprint density at radius 3 is 2.44 bits per heavy atom. The van der Waals surface area contributed by atoms with Crippen LogP contribution in [-0.2, 0) is 6.61 Å². The highest BCUT2D eigenvalue weighted by atomic mass is 32.1. The summed E-state index contributed by atoms with van der Waals surface area (Å²) in [6, 6.07) is 30.2. The number of oxazole rings is 1. The Morgan fingerprint density at radius 2 is 1.69 bits per heavy atom. The molecule has 0 aliphatic rings. The first-order chi connectivity index (χ1) is 17.5.